The maximum atomic E-state index is 13.3. The molecule has 2 heterocycles. The van der Waals surface area contributed by atoms with Gasteiger partial charge in [-0.2, -0.15) is 24.9 Å². The third-order valence-electron chi connectivity index (χ3n) is 5.20. The molecule has 0 bridgehead atoms. The Bertz CT molecular complexity index is 955. The van der Waals surface area contributed by atoms with Crippen LogP contribution in [-0.2, 0) is 19.1 Å². The Morgan fingerprint density at radius 1 is 1.00 bits per heavy atom. The van der Waals surface area contributed by atoms with Gasteiger partial charge in [-0.1, -0.05) is 42.5 Å². The van der Waals surface area contributed by atoms with Gasteiger partial charge in [0, 0.05) is 31.1 Å². The highest BCUT2D eigenvalue weighted by Crippen LogP contribution is 2.34. The van der Waals surface area contributed by atoms with E-state index >= 15 is 0 Å². The van der Waals surface area contributed by atoms with Crippen LogP contribution in [-0.4, -0.2) is 49.7 Å². The van der Waals surface area contributed by atoms with Gasteiger partial charge < -0.3 is 0 Å². The molecule has 0 amide bonds. The zero-order valence-corrected chi connectivity index (χ0v) is 17.1. The summed E-state index contributed by atoms with van der Waals surface area (Å²) in [6.45, 7) is 2.11. The molecule has 0 saturated carbocycles. The number of aromatic nitrogens is 4. The summed E-state index contributed by atoms with van der Waals surface area (Å²) in [5, 5.41) is 12.2. The van der Waals surface area contributed by atoms with Crippen LogP contribution in [0.5, 0.6) is 0 Å². The van der Waals surface area contributed by atoms with Crippen LogP contribution < -0.4 is 0 Å². The van der Waals surface area contributed by atoms with Crippen molar-refractivity contribution in [2.24, 2.45) is 0 Å². The molecule has 1 aliphatic heterocycles. The molecule has 9 heteroatoms. The highest BCUT2D eigenvalue weighted by atomic mass is 32.2. The molecule has 1 fully saturated rings. The van der Waals surface area contributed by atoms with E-state index in [1.54, 1.807) is 10.7 Å². The first-order valence-electron chi connectivity index (χ1n) is 9.81. The molecule has 5 nitrogen and oxygen atoms in total. The summed E-state index contributed by atoms with van der Waals surface area (Å²) in [7, 11) is 0. The Labute approximate surface area is 177 Å². The minimum absolute atomic E-state index is 0.418. The van der Waals surface area contributed by atoms with Crippen molar-refractivity contribution in [3.05, 3.63) is 77.1 Å². The molecular formula is C21H22F3N5S. The monoisotopic (exact) mass is 433 g/mol. The molecule has 1 aliphatic rings. The van der Waals surface area contributed by atoms with Crippen molar-refractivity contribution in [1.82, 2.24) is 25.1 Å². The number of halogens is 3. The number of alkyl halides is 3. The maximum Gasteiger partial charge on any atom is 0.416 e. The number of hydrogen-bond donors (Lipinski definition) is 0. The first-order chi connectivity index (χ1) is 14.5. The van der Waals surface area contributed by atoms with Gasteiger partial charge in [0.25, 0.3) is 0 Å². The van der Waals surface area contributed by atoms with Gasteiger partial charge in [0.1, 0.15) is 0 Å². The Hall–Kier alpha value is -2.39. The topological polar surface area (TPSA) is 46.8 Å². The van der Waals surface area contributed by atoms with Gasteiger partial charge in [-0.15, -0.1) is 5.10 Å². The summed E-state index contributed by atoms with van der Waals surface area (Å²) >= 11 is 1.85. The second-order valence-corrected chi connectivity index (χ2v) is 8.39. The van der Waals surface area contributed by atoms with E-state index in [1.165, 1.54) is 12.1 Å². The maximum absolute atomic E-state index is 13.3. The lowest BCUT2D eigenvalue weighted by Crippen LogP contribution is -2.38. The molecule has 0 unspecified atom stereocenters. The Morgan fingerprint density at radius 3 is 2.50 bits per heavy atom. The first-order valence-corrected chi connectivity index (χ1v) is 11.0. The Morgan fingerprint density at radius 2 is 1.77 bits per heavy atom. The molecule has 4 rings (SSSR count). The van der Waals surface area contributed by atoms with Gasteiger partial charge >= 0.3 is 6.18 Å². The quantitative estimate of drug-likeness (QED) is 0.587. The van der Waals surface area contributed by atoms with Gasteiger partial charge in [-0.05, 0) is 40.1 Å². The Balaban J connectivity index is 1.67. The third kappa shape index (κ3) is 4.84. The van der Waals surface area contributed by atoms with Crippen LogP contribution in [0.15, 0.2) is 54.6 Å². The molecule has 30 heavy (non-hydrogen) atoms. The average molecular weight is 434 g/mol. The molecule has 2 aromatic carbocycles. The lowest BCUT2D eigenvalue weighted by atomic mass is 10.0. The zero-order valence-electron chi connectivity index (χ0n) is 16.3. The van der Waals surface area contributed by atoms with Crippen molar-refractivity contribution in [2.75, 3.05) is 24.6 Å². The number of benzene rings is 2. The molecule has 1 saturated heterocycles. The summed E-state index contributed by atoms with van der Waals surface area (Å²) in [6, 6.07) is 15.1. The van der Waals surface area contributed by atoms with Crippen LogP contribution in [0.4, 0.5) is 13.2 Å². The summed E-state index contributed by atoms with van der Waals surface area (Å²) < 4.78 is 41.7. The minimum atomic E-state index is -4.39. The van der Waals surface area contributed by atoms with Crippen molar-refractivity contribution in [3.8, 4) is 0 Å². The number of hydrogen-bond acceptors (Lipinski definition) is 5. The molecular weight excluding hydrogens is 411 g/mol. The average Bonchev–Trinajstić information content (AvgIpc) is 3.22. The lowest BCUT2D eigenvalue weighted by molar-refractivity contribution is -0.137. The number of rotatable bonds is 6. The van der Waals surface area contributed by atoms with E-state index < -0.39 is 17.8 Å². The fourth-order valence-electron chi connectivity index (χ4n) is 3.69. The molecule has 0 spiro atoms. The molecule has 3 aromatic rings. The SMILES string of the molecule is FC(F)(F)c1cccc([C@H](c2nnnn2CCc2ccccc2)N2CCSCC2)c1. The fraction of sp³-hybridized carbons (Fsp3) is 0.381. The molecule has 1 atom stereocenters. The fourth-order valence-corrected chi connectivity index (χ4v) is 4.62. The van der Waals surface area contributed by atoms with Crippen LogP contribution in [0.2, 0.25) is 0 Å². The smallest absolute Gasteiger partial charge is 0.288 e. The van der Waals surface area contributed by atoms with Gasteiger partial charge in [-0.25, -0.2) is 4.68 Å². The number of thioether (sulfide) groups is 1. The van der Waals surface area contributed by atoms with Crippen molar-refractivity contribution in [3.63, 3.8) is 0 Å². The molecule has 0 N–H and O–H groups in total. The summed E-state index contributed by atoms with van der Waals surface area (Å²) in [4.78, 5) is 2.18. The van der Waals surface area contributed by atoms with E-state index in [-0.39, 0.29) is 0 Å². The number of aryl methyl sites for hydroxylation is 2. The standard InChI is InChI=1S/C21H22F3N5S/c22-21(23,24)18-8-4-7-17(15-18)19(28-11-13-30-14-12-28)20-25-26-27-29(20)10-9-16-5-2-1-3-6-16/h1-8,15,19H,9-14H2/t19-/m1/s1. The predicted molar refractivity (Wildman–Crippen MR) is 110 cm³/mol. The highest BCUT2D eigenvalue weighted by molar-refractivity contribution is 7.99. The van der Waals surface area contributed by atoms with Crippen LogP contribution in [0, 0.1) is 0 Å². The number of tetrazole rings is 1. The van der Waals surface area contributed by atoms with Crippen molar-refractivity contribution in [2.45, 2.75) is 25.2 Å². The van der Waals surface area contributed by atoms with Gasteiger partial charge in [0.05, 0.1) is 11.6 Å². The minimum Gasteiger partial charge on any atom is -0.288 e. The predicted octanol–water partition coefficient (Wildman–Crippen LogP) is 4.07. The van der Waals surface area contributed by atoms with Crippen LogP contribution >= 0.6 is 11.8 Å². The van der Waals surface area contributed by atoms with E-state index in [1.807, 2.05) is 42.1 Å². The first kappa shape index (κ1) is 20.9. The van der Waals surface area contributed by atoms with Crippen molar-refractivity contribution < 1.29 is 13.2 Å². The van der Waals surface area contributed by atoms with Crippen LogP contribution in [0.25, 0.3) is 0 Å². The van der Waals surface area contributed by atoms with Gasteiger partial charge in [0.15, 0.2) is 5.82 Å². The van der Waals surface area contributed by atoms with Crippen molar-refractivity contribution in [1.29, 1.82) is 0 Å². The molecule has 1 aromatic heterocycles. The van der Waals surface area contributed by atoms with E-state index in [2.05, 4.69) is 20.4 Å². The second kappa shape index (κ2) is 9.18. The highest BCUT2D eigenvalue weighted by Gasteiger charge is 2.34. The normalized spacial score (nSPS) is 16.5. The van der Waals surface area contributed by atoms with Crippen LogP contribution in [0.3, 0.4) is 0 Å². The summed E-state index contributed by atoms with van der Waals surface area (Å²) in [5.41, 5.74) is 1.07. The molecule has 0 aliphatic carbocycles. The van der Waals surface area contributed by atoms with Crippen molar-refractivity contribution >= 4 is 11.8 Å². The van der Waals surface area contributed by atoms with Gasteiger partial charge in [-0.3, -0.25) is 4.90 Å². The van der Waals surface area contributed by atoms with Gasteiger partial charge in [0.2, 0.25) is 0 Å². The largest absolute Gasteiger partial charge is 0.416 e. The van der Waals surface area contributed by atoms with E-state index in [0.717, 1.165) is 42.6 Å². The lowest BCUT2D eigenvalue weighted by Gasteiger charge is -2.34. The number of nitrogens with zero attached hydrogens (tertiary/aromatic N) is 5. The van der Waals surface area contributed by atoms with E-state index in [9.17, 15) is 13.2 Å². The third-order valence-corrected chi connectivity index (χ3v) is 6.14. The second-order valence-electron chi connectivity index (χ2n) is 7.17. The molecule has 158 valence electrons. The molecule has 0 radical (unpaired) electrons. The van der Waals surface area contributed by atoms with Crippen LogP contribution in [0.1, 0.15) is 28.6 Å². The zero-order chi connectivity index (χ0) is 21.0. The van der Waals surface area contributed by atoms with E-state index in [0.29, 0.717) is 17.9 Å². The van der Waals surface area contributed by atoms with E-state index in [4.69, 9.17) is 0 Å². The summed E-state index contributed by atoms with van der Waals surface area (Å²) in [5.74, 6) is 2.44. The summed E-state index contributed by atoms with van der Waals surface area (Å²) in [6.07, 6.45) is -3.65. The Kier molecular flexibility index (Phi) is 6.38.